The van der Waals surface area contributed by atoms with Crippen LogP contribution in [0.3, 0.4) is 0 Å². The molecular weight excluding hydrogens is 532 g/mol. The lowest BCUT2D eigenvalue weighted by Gasteiger charge is -2.12. The first-order valence-corrected chi connectivity index (χ1v) is 13.5. The molecule has 0 spiro atoms. The van der Waals surface area contributed by atoms with Crippen molar-refractivity contribution in [3.63, 3.8) is 0 Å². The first kappa shape index (κ1) is 24.7. The molecule has 1 aliphatic carbocycles. The van der Waals surface area contributed by atoms with E-state index in [-0.39, 0.29) is 27.8 Å². The average molecular weight is 550 g/mol. The van der Waals surface area contributed by atoms with E-state index in [1.165, 1.54) is 16.2 Å². The van der Waals surface area contributed by atoms with Crippen LogP contribution in [0.4, 0.5) is 14.5 Å². The summed E-state index contributed by atoms with van der Waals surface area (Å²) in [7, 11) is 4.02. The summed E-state index contributed by atoms with van der Waals surface area (Å²) < 4.78 is 30.1. The number of benzene rings is 3. The number of nitrogens with zero attached hydrogens (tertiary/aromatic N) is 3. The zero-order chi connectivity index (χ0) is 27.4. The molecule has 0 N–H and O–H groups in total. The lowest BCUT2D eigenvalue weighted by Crippen LogP contribution is -2.07. The molecule has 0 unspecified atom stereocenters. The number of nitriles is 2. The molecule has 188 valence electrons. The zero-order valence-electron chi connectivity index (χ0n) is 20.7. The van der Waals surface area contributed by atoms with Gasteiger partial charge in [0.25, 0.3) is 0 Å². The first-order chi connectivity index (χ1) is 18.8. The Balaban J connectivity index is 1.42. The minimum Gasteiger partial charge on any atom is -0.378 e. The molecule has 5 aromatic rings. The Kier molecular flexibility index (Phi) is 5.88. The van der Waals surface area contributed by atoms with Crippen molar-refractivity contribution in [1.29, 1.82) is 10.5 Å². The van der Waals surface area contributed by atoms with Gasteiger partial charge in [-0.2, -0.15) is 10.5 Å². The quantitative estimate of drug-likeness (QED) is 0.168. The number of allylic oxidation sites excluding steroid dienone is 3. The maximum Gasteiger partial charge on any atom is 0.194 e. The maximum absolute atomic E-state index is 14.0. The summed E-state index contributed by atoms with van der Waals surface area (Å²) in [5.41, 5.74) is 2.05. The molecule has 0 saturated carbocycles. The Hall–Kier alpha value is -4.63. The van der Waals surface area contributed by atoms with Gasteiger partial charge >= 0.3 is 0 Å². The van der Waals surface area contributed by atoms with Gasteiger partial charge in [0, 0.05) is 55.6 Å². The van der Waals surface area contributed by atoms with Crippen LogP contribution >= 0.6 is 22.7 Å². The van der Waals surface area contributed by atoms with Crippen LogP contribution in [0.2, 0.25) is 0 Å². The largest absolute Gasteiger partial charge is 0.378 e. The van der Waals surface area contributed by atoms with E-state index < -0.39 is 17.4 Å². The van der Waals surface area contributed by atoms with Gasteiger partial charge in [0.15, 0.2) is 17.4 Å². The number of Topliss-reactive ketones (excluding diaryl/α,β-unsaturated/α-hetero) is 1. The predicted octanol–water partition coefficient (Wildman–Crippen LogP) is 8.21. The molecule has 39 heavy (non-hydrogen) atoms. The molecule has 0 amide bonds. The highest BCUT2D eigenvalue weighted by molar-refractivity contribution is 7.23. The summed E-state index contributed by atoms with van der Waals surface area (Å²) >= 11 is 3.16. The number of anilines is 1. The van der Waals surface area contributed by atoms with Crippen molar-refractivity contribution in [3.05, 3.63) is 99.4 Å². The second kappa shape index (κ2) is 9.28. The SMILES string of the molecule is CN(C)c1ccc(-c2cc3cc4cc(/C=C5\C(=O)c6cc(F)c(F)cc6C5=C(C#N)C#N)sc4cc3s2)cc1. The molecule has 8 heteroatoms. The molecule has 4 nitrogen and oxygen atoms in total. The zero-order valence-corrected chi connectivity index (χ0v) is 22.3. The topological polar surface area (TPSA) is 67.9 Å². The van der Waals surface area contributed by atoms with E-state index in [2.05, 4.69) is 47.4 Å². The highest BCUT2D eigenvalue weighted by atomic mass is 32.1. The fraction of sp³-hybridized carbons (Fsp3) is 0.0645. The molecule has 0 fully saturated rings. The molecule has 0 radical (unpaired) electrons. The van der Waals surface area contributed by atoms with Crippen molar-refractivity contribution < 1.29 is 13.6 Å². The minimum atomic E-state index is -1.16. The number of rotatable bonds is 3. The third-order valence-electron chi connectivity index (χ3n) is 6.69. The highest BCUT2D eigenvalue weighted by Gasteiger charge is 2.34. The van der Waals surface area contributed by atoms with Gasteiger partial charge in [-0.3, -0.25) is 4.79 Å². The van der Waals surface area contributed by atoms with Crippen molar-refractivity contribution >= 4 is 66.0 Å². The van der Waals surface area contributed by atoms with Crippen molar-refractivity contribution in [3.8, 4) is 22.6 Å². The van der Waals surface area contributed by atoms with Crippen LogP contribution in [0, 0.1) is 34.3 Å². The number of fused-ring (bicyclic) bond motifs is 3. The number of thiophene rings is 2. The van der Waals surface area contributed by atoms with Gasteiger partial charge in [-0.05, 0) is 76.5 Å². The third kappa shape index (κ3) is 4.11. The van der Waals surface area contributed by atoms with Gasteiger partial charge in [-0.25, -0.2) is 8.78 Å². The van der Waals surface area contributed by atoms with Crippen molar-refractivity contribution in [2.45, 2.75) is 0 Å². The van der Waals surface area contributed by atoms with E-state index in [9.17, 15) is 24.1 Å². The van der Waals surface area contributed by atoms with Crippen molar-refractivity contribution in [2.24, 2.45) is 0 Å². The Bertz CT molecular complexity index is 1930. The highest BCUT2D eigenvalue weighted by Crippen LogP contribution is 2.43. The number of hydrogen-bond donors (Lipinski definition) is 0. The summed E-state index contributed by atoms with van der Waals surface area (Å²) in [5.74, 6) is -2.86. The van der Waals surface area contributed by atoms with Gasteiger partial charge in [0.1, 0.15) is 17.7 Å². The van der Waals surface area contributed by atoms with Crippen LogP contribution in [0.5, 0.6) is 0 Å². The molecule has 3 aromatic carbocycles. The van der Waals surface area contributed by atoms with Gasteiger partial charge < -0.3 is 4.90 Å². The van der Waals surface area contributed by atoms with Gasteiger partial charge in [0.05, 0.1) is 0 Å². The summed E-state index contributed by atoms with van der Waals surface area (Å²) in [6.07, 6.45) is 1.60. The molecule has 1 aliphatic rings. The van der Waals surface area contributed by atoms with Gasteiger partial charge in [-0.1, -0.05) is 12.1 Å². The Labute approximate surface area is 230 Å². The molecule has 2 heterocycles. The molecule has 0 bridgehead atoms. The minimum absolute atomic E-state index is 0.0299. The molecule has 0 saturated heterocycles. The standard InChI is InChI=1S/C31H17F2N3OS2/c1-36(2)20-5-3-16(4-6-20)27-9-18-7-17-8-21(38-28(17)13-29(18)39-27)10-24-30(19(14-34)15-35)22-11-25(32)26(33)12-23(22)31(24)37/h3-13H,1-2H3/b24-10-. The third-order valence-corrected chi connectivity index (χ3v) is 8.88. The monoisotopic (exact) mass is 549 g/mol. The fourth-order valence-electron chi connectivity index (χ4n) is 4.77. The first-order valence-electron chi connectivity index (χ1n) is 11.8. The Morgan fingerprint density at radius 2 is 1.49 bits per heavy atom. The molecule has 0 atom stereocenters. The molecule has 6 rings (SSSR count). The van der Waals surface area contributed by atoms with E-state index in [0.29, 0.717) is 0 Å². The van der Waals surface area contributed by atoms with Crippen molar-refractivity contribution in [2.75, 3.05) is 19.0 Å². The number of hydrogen-bond acceptors (Lipinski definition) is 6. The van der Waals surface area contributed by atoms with Crippen LogP contribution < -0.4 is 4.90 Å². The van der Waals surface area contributed by atoms with Crippen LogP contribution in [0.15, 0.2) is 71.8 Å². The Morgan fingerprint density at radius 1 is 0.846 bits per heavy atom. The van der Waals surface area contributed by atoms with E-state index in [1.807, 2.05) is 20.2 Å². The van der Waals surface area contributed by atoms with E-state index in [4.69, 9.17) is 0 Å². The molecule has 0 aliphatic heterocycles. The molecule has 2 aromatic heterocycles. The lowest BCUT2D eigenvalue weighted by atomic mass is 9.99. The number of ketones is 1. The van der Waals surface area contributed by atoms with Gasteiger partial charge in [0.2, 0.25) is 0 Å². The second-order valence-electron chi connectivity index (χ2n) is 9.30. The number of carbonyl (C=O) groups is 1. The Morgan fingerprint density at radius 3 is 2.15 bits per heavy atom. The summed E-state index contributed by atoms with van der Waals surface area (Å²) in [6, 6.07) is 22.0. The van der Waals surface area contributed by atoms with Crippen molar-refractivity contribution in [1.82, 2.24) is 0 Å². The van der Waals surface area contributed by atoms with Crippen LogP contribution in [0.1, 0.15) is 20.8 Å². The normalized spacial score (nSPS) is 13.6. The summed E-state index contributed by atoms with van der Waals surface area (Å²) in [6.45, 7) is 0. The lowest BCUT2D eigenvalue weighted by molar-refractivity contribution is 0.104. The maximum atomic E-state index is 14.0. The predicted molar refractivity (Wildman–Crippen MR) is 154 cm³/mol. The van der Waals surface area contributed by atoms with Crippen LogP contribution in [0.25, 0.3) is 42.3 Å². The molecular formula is C31H17F2N3OS2. The average Bonchev–Trinajstić information content (AvgIpc) is 3.59. The van der Waals surface area contributed by atoms with E-state index in [1.54, 1.807) is 29.6 Å². The fourth-order valence-corrected chi connectivity index (χ4v) is 6.96. The van der Waals surface area contributed by atoms with E-state index in [0.717, 1.165) is 48.4 Å². The summed E-state index contributed by atoms with van der Waals surface area (Å²) in [4.78, 5) is 17.2. The smallest absolute Gasteiger partial charge is 0.194 e. The van der Waals surface area contributed by atoms with Gasteiger partial charge in [-0.15, -0.1) is 22.7 Å². The second-order valence-corrected chi connectivity index (χ2v) is 11.5. The van der Waals surface area contributed by atoms with E-state index >= 15 is 0 Å². The number of halogens is 2. The van der Waals surface area contributed by atoms with Crippen LogP contribution in [-0.4, -0.2) is 19.9 Å². The number of carbonyl (C=O) groups excluding carboxylic acids is 1. The van der Waals surface area contributed by atoms with Crippen LogP contribution in [-0.2, 0) is 0 Å². The summed E-state index contributed by atoms with van der Waals surface area (Å²) in [5, 5.41) is 21.1.